The van der Waals surface area contributed by atoms with Gasteiger partial charge in [0, 0.05) is 11.9 Å². The molecule has 1 aromatic carbocycles. The molecule has 118 valence electrons. The Morgan fingerprint density at radius 1 is 1.26 bits per heavy atom. The second-order valence-electron chi connectivity index (χ2n) is 5.08. The van der Waals surface area contributed by atoms with Crippen LogP contribution in [0.1, 0.15) is 11.3 Å². The second kappa shape index (κ2) is 7.21. The highest BCUT2D eigenvalue weighted by molar-refractivity contribution is 7.13. The Bertz CT molecular complexity index is 753. The van der Waals surface area contributed by atoms with Crippen molar-refractivity contribution in [1.82, 2.24) is 10.3 Å². The molecule has 0 aliphatic heterocycles. The number of carbonyl (C=O) groups is 1. The number of hydrogen-bond acceptors (Lipinski definition) is 5. The summed E-state index contributed by atoms with van der Waals surface area (Å²) in [6.45, 7) is 0.404. The first-order valence-corrected chi connectivity index (χ1v) is 8.09. The molecule has 0 saturated carbocycles. The van der Waals surface area contributed by atoms with E-state index in [0.717, 1.165) is 22.0 Å². The van der Waals surface area contributed by atoms with Crippen LogP contribution in [-0.4, -0.2) is 22.1 Å². The van der Waals surface area contributed by atoms with E-state index in [9.17, 15) is 9.90 Å². The van der Waals surface area contributed by atoms with Crippen molar-refractivity contribution in [2.75, 3.05) is 0 Å². The third-order valence-corrected chi connectivity index (χ3v) is 4.30. The average molecular weight is 328 g/mol. The van der Waals surface area contributed by atoms with E-state index in [-0.39, 0.29) is 0 Å². The van der Waals surface area contributed by atoms with Crippen molar-refractivity contribution in [2.24, 2.45) is 0 Å². The van der Waals surface area contributed by atoms with Crippen LogP contribution in [0.15, 0.2) is 58.5 Å². The molecule has 0 aliphatic carbocycles. The van der Waals surface area contributed by atoms with Gasteiger partial charge in [-0.3, -0.25) is 10.1 Å². The Morgan fingerprint density at radius 3 is 2.78 bits per heavy atom. The normalized spacial score (nSPS) is 12.2. The predicted molar refractivity (Wildman–Crippen MR) is 88.2 cm³/mol. The zero-order chi connectivity index (χ0) is 16.1. The number of carboxylic acid groups (broad SMARTS) is 1. The van der Waals surface area contributed by atoms with E-state index in [1.54, 1.807) is 6.26 Å². The number of hydrogen-bond donors (Lipinski definition) is 2. The molecule has 2 aromatic heterocycles. The van der Waals surface area contributed by atoms with E-state index in [4.69, 9.17) is 4.42 Å². The summed E-state index contributed by atoms with van der Waals surface area (Å²) in [7, 11) is 0. The van der Waals surface area contributed by atoms with Gasteiger partial charge in [0.2, 0.25) is 0 Å². The fourth-order valence-electron chi connectivity index (χ4n) is 2.23. The molecule has 3 aromatic rings. The summed E-state index contributed by atoms with van der Waals surface area (Å²) in [4.78, 5) is 15.9. The van der Waals surface area contributed by atoms with Crippen molar-refractivity contribution in [3.8, 4) is 10.8 Å². The molecular formula is C17H16N2O3S. The van der Waals surface area contributed by atoms with Gasteiger partial charge < -0.3 is 9.52 Å². The Labute approximate surface area is 137 Å². The van der Waals surface area contributed by atoms with Gasteiger partial charge in [-0.25, -0.2) is 4.98 Å². The summed E-state index contributed by atoms with van der Waals surface area (Å²) in [6.07, 6.45) is 2.04. The first-order valence-electron chi connectivity index (χ1n) is 7.21. The molecule has 23 heavy (non-hydrogen) atoms. The van der Waals surface area contributed by atoms with Gasteiger partial charge >= 0.3 is 5.97 Å². The minimum Gasteiger partial charge on any atom is -0.480 e. The summed E-state index contributed by atoms with van der Waals surface area (Å²) < 4.78 is 5.31. The van der Waals surface area contributed by atoms with Crippen LogP contribution in [0.5, 0.6) is 0 Å². The van der Waals surface area contributed by atoms with Gasteiger partial charge in [0.05, 0.1) is 12.0 Å². The topological polar surface area (TPSA) is 75.4 Å². The number of furan rings is 1. The minimum absolute atomic E-state index is 0.404. The van der Waals surface area contributed by atoms with E-state index in [1.807, 2.05) is 47.8 Å². The lowest BCUT2D eigenvalue weighted by Gasteiger charge is -2.13. The Kier molecular flexibility index (Phi) is 4.85. The molecule has 1 unspecified atom stereocenters. The largest absolute Gasteiger partial charge is 0.480 e. The first kappa shape index (κ1) is 15.5. The van der Waals surface area contributed by atoms with Crippen LogP contribution in [0.2, 0.25) is 0 Å². The van der Waals surface area contributed by atoms with Crippen molar-refractivity contribution in [3.63, 3.8) is 0 Å². The monoisotopic (exact) mass is 328 g/mol. The van der Waals surface area contributed by atoms with E-state index in [0.29, 0.717) is 13.0 Å². The molecule has 0 fully saturated rings. The van der Waals surface area contributed by atoms with Crippen LogP contribution in [0.3, 0.4) is 0 Å². The van der Waals surface area contributed by atoms with Gasteiger partial charge in [-0.1, -0.05) is 30.3 Å². The van der Waals surface area contributed by atoms with Crippen molar-refractivity contribution in [3.05, 3.63) is 65.4 Å². The third kappa shape index (κ3) is 4.06. The van der Waals surface area contributed by atoms with E-state index in [2.05, 4.69) is 10.3 Å². The maximum atomic E-state index is 11.4. The van der Waals surface area contributed by atoms with Gasteiger partial charge in [-0.05, 0) is 24.1 Å². The van der Waals surface area contributed by atoms with Gasteiger partial charge in [-0.15, -0.1) is 11.3 Å². The number of carboxylic acids is 1. The number of aliphatic carboxylic acids is 1. The van der Waals surface area contributed by atoms with Crippen LogP contribution in [0.25, 0.3) is 10.8 Å². The zero-order valence-electron chi connectivity index (χ0n) is 12.3. The highest BCUT2D eigenvalue weighted by atomic mass is 32.1. The number of benzene rings is 1. The third-order valence-electron chi connectivity index (χ3n) is 3.39. The van der Waals surface area contributed by atoms with Crippen LogP contribution in [-0.2, 0) is 17.8 Å². The standard InChI is InChI=1S/C17H16N2O3S/c20-17(21)14(9-12-5-2-1-3-6-12)18-10-13-11-23-16(19-13)15-7-4-8-22-15/h1-8,11,14,18H,9-10H2,(H,20,21). The zero-order valence-corrected chi connectivity index (χ0v) is 13.1. The van der Waals surface area contributed by atoms with E-state index >= 15 is 0 Å². The molecule has 0 saturated heterocycles. The molecule has 0 spiro atoms. The summed E-state index contributed by atoms with van der Waals surface area (Å²) >= 11 is 1.48. The highest BCUT2D eigenvalue weighted by Gasteiger charge is 2.18. The molecule has 5 nitrogen and oxygen atoms in total. The smallest absolute Gasteiger partial charge is 0.321 e. The maximum Gasteiger partial charge on any atom is 0.321 e. The molecule has 0 aliphatic rings. The molecule has 2 N–H and O–H groups in total. The molecule has 0 radical (unpaired) electrons. The summed E-state index contributed by atoms with van der Waals surface area (Å²) in [5.41, 5.74) is 1.79. The van der Waals surface area contributed by atoms with Crippen molar-refractivity contribution in [2.45, 2.75) is 19.0 Å². The SMILES string of the molecule is O=C(O)C(Cc1ccccc1)NCc1csc(-c2ccco2)n1. The fraction of sp³-hybridized carbons (Fsp3) is 0.176. The molecule has 0 amide bonds. The minimum atomic E-state index is -0.865. The Morgan fingerprint density at radius 2 is 2.09 bits per heavy atom. The number of aromatic nitrogens is 1. The number of thiazole rings is 1. The lowest BCUT2D eigenvalue weighted by molar-refractivity contribution is -0.139. The van der Waals surface area contributed by atoms with Crippen LogP contribution in [0.4, 0.5) is 0 Å². The van der Waals surface area contributed by atoms with Crippen LogP contribution >= 0.6 is 11.3 Å². The van der Waals surface area contributed by atoms with E-state index < -0.39 is 12.0 Å². The average Bonchev–Trinajstić information content (AvgIpc) is 3.23. The quantitative estimate of drug-likeness (QED) is 0.696. The van der Waals surface area contributed by atoms with Gasteiger partial charge in [0.1, 0.15) is 6.04 Å². The lowest BCUT2D eigenvalue weighted by Crippen LogP contribution is -2.38. The Hall–Kier alpha value is -2.44. The number of nitrogens with zero attached hydrogens (tertiary/aromatic N) is 1. The maximum absolute atomic E-state index is 11.4. The molecule has 3 rings (SSSR count). The highest BCUT2D eigenvalue weighted by Crippen LogP contribution is 2.23. The summed E-state index contributed by atoms with van der Waals surface area (Å²) in [5, 5.41) is 15.1. The van der Waals surface area contributed by atoms with Crippen molar-refractivity contribution >= 4 is 17.3 Å². The predicted octanol–water partition coefficient (Wildman–Crippen LogP) is 3.19. The fourth-order valence-corrected chi connectivity index (χ4v) is 3.01. The summed E-state index contributed by atoms with van der Waals surface area (Å²) in [6, 6.07) is 12.6. The molecule has 1 atom stereocenters. The lowest BCUT2D eigenvalue weighted by atomic mass is 10.1. The van der Waals surface area contributed by atoms with Gasteiger partial charge in [-0.2, -0.15) is 0 Å². The van der Waals surface area contributed by atoms with Crippen LogP contribution in [0, 0.1) is 0 Å². The molecule has 2 heterocycles. The number of rotatable bonds is 7. The summed E-state index contributed by atoms with van der Waals surface area (Å²) in [5.74, 6) is -0.143. The van der Waals surface area contributed by atoms with Crippen LogP contribution < -0.4 is 5.32 Å². The molecule has 0 bridgehead atoms. The number of nitrogens with one attached hydrogen (secondary N) is 1. The second-order valence-corrected chi connectivity index (χ2v) is 5.94. The van der Waals surface area contributed by atoms with E-state index in [1.165, 1.54) is 11.3 Å². The van der Waals surface area contributed by atoms with Gasteiger partial charge in [0.15, 0.2) is 10.8 Å². The van der Waals surface area contributed by atoms with Crippen molar-refractivity contribution in [1.29, 1.82) is 0 Å². The van der Waals surface area contributed by atoms with Gasteiger partial charge in [0.25, 0.3) is 0 Å². The Balaban J connectivity index is 1.62. The first-order chi connectivity index (χ1) is 11.2. The molecule has 6 heteroatoms. The van der Waals surface area contributed by atoms with Crippen molar-refractivity contribution < 1.29 is 14.3 Å². The molecular weight excluding hydrogens is 312 g/mol.